The molecule has 0 saturated carbocycles. The Hall–Kier alpha value is -1.46. The number of aromatic nitrogens is 1. The van der Waals surface area contributed by atoms with Gasteiger partial charge in [-0.05, 0) is 39.1 Å². The van der Waals surface area contributed by atoms with E-state index in [4.69, 9.17) is 4.74 Å². The number of thiazole rings is 1. The maximum Gasteiger partial charge on any atom is 0.140 e. The first-order valence-corrected chi connectivity index (χ1v) is 6.98. The maximum absolute atomic E-state index is 13.3. The van der Waals surface area contributed by atoms with E-state index in [1.807, 2.05) is 26.3 Å². The van der Waals surface area contributed by atoms with Gasteiger partial charge in [0.15, 0.2) is 0 Å². The fraction of sp³-hybridized carbons (Fsp3) is 0.357. The van der Waals surface area contributed by atoms with Gasteiger partial charge in [0.2, 0.25) is 0 Å². The molecule has 1 N–H and O–H groups in total. The van der Waals surface area contributed by atoms with Gasteiger partial charge in [0.05, 0.1) is 0 Å². The number of benzene rings is 1. The third-order valence-corrected chi connectivity index (χ3v) is 3.83. The number of nitrogens with one attached hydrogen (secondary N) is 1. The van der Waals surface area contributed by atoms with Crippen molar-refractivity contribution in [2.45, 2.75) is 26.5 Å². The van der Waals surface area contributed by atoms with Crippen LogP contribution in [-0.2, 0) is 6.61 Å². The molecule has 0 amide bonds. The first-order valence-electron chi connectivity index (χ1n) is 6.10. The summed E-state index contributed by atoms with van der Waals surface area (Å²) in [6, 6.07) is 4.61. The summed E-state index contributed by atoms with van der Waals surface area (Å²) in [6.07, 6.45) is 0. The SMILES string of the molecule is CNC(C)c1cc(F)ccc1OCc1nc(C)cs1. The molecule has 0 aliphatic rings. The van der Waals surface area contributed by atoms with E-state index in [0.717, 1.165) is 16.3 Å². The van der Waals surface area contributed by atoms with E-state index < -0.39 is 0 Å². The van der Waals surface area contributed by atoms with Crippen molar-refractivity contribution in [1.82, 2.24) is 10.3 Å². The van der Waals surface area contributed by atoms with Crippen molar-refractivity contribution < 1.29 is 9.13 Å². The summed E-state index contributed by atoms with van der Waals surface area (Å²) in [6.45, 7) is 4.33. The predicted molar refractivity (Wildman–Crippen MR) is 75.1 cm³/mol. The van der Waals surface area contributed by atoms with E-state index in [0.29, 0.717) is 12.4 Å². The van der Waals surface area contributed by atoms with E-state index in [1.54, 1.807) is 17.4 Å². The van der Waals surface area contributed by atoms with Crippen molar-refractivity contribution in [1.29, 1.82) is 0 Å². The summed E-state index contributed by atoms with van der Waals surface area (Å²) >= 11 is 1.57. The van der Waals surface area contributed by atoms with E-state index >= 15 is 0 Å². The molecule has 2 aromatic rings. The molecule has 0 aliphatic carbocycles. The minimum atomic E-state index is -0.255. The Labute approximate surface area is 116 Å². The molecule has 5 heteroatoms. The summed E-state index contributed by atoms with van der Waals surface area (Å²) in [5.74, 6) is 0.436. The first-order chi connectivity index (χ1) is 9.10. The molecule has 1 aromatic carbocycles. The van der Waals surface area contributed by atoms with Crippen LogP contribution in [0.5, 0.6) is 5.75 Å². The Morgan fingerprint density at radius 1 is 1.47 bits per heavy atom. The Balaban J connectivity index is 2.15. The topological polar surface area (TPSA) is 34.1 Å². The van der Waals surface area contributed by atoms with Crippen LogP contribution in [0, 0.1) is 12.7 Å². The van der Waals surface area contributed by atoms with Crippen LogP contribution in [0.2, 0.25) is 0 Å². The molecule has 3 nitrogen and oxygen atoms in total. The maximum atomic E-state index is 13.3. The lowest BCUT2D eigenvalue weighted by atomic mass is 10.1. The van der Waals surface area contributed by atoms with Crippen molar-refractivity contribution >= 4 is 11.3 Å². The zero-order valence-electron chi connectivity index (χ0n) is 11.2. The lowest BCUT2D eigenvalue weighted by molar-refractivity contribution is 0.299. The van der Waals surface area contributed by atoms with Crippen LogP contribution in [-0.4, -0.2) is 12.0 Å². The fourth-order valence-corrected chi connectivity index (χ4v) is 2.44. The van der Waals surface area contributed by atoms with Crippen molar-refractivity contribution in [2.75, 3.05) is 7.05 Å². The van der Waals surface area contributed by atoms with Crippen molar-refractivity contribution in [2.24, 2.45) is 0 Å². The van der Waals surface area contributed by atoms with Gasteiger partial charge in [-0.3, -0.25) is 0 Å². The van der Waals surface area contributed by atoms with Crippen LogP contribution >= 0.6 is 11.3 Å². The molecule has 1 aromatic heterocycles. The van der Waals surface area contributed by atoms with Gasteiger partial charge in [-0.15, -0.1) is 11.3 Å². The number of rotatable bonds is 5. The van der Waals surface area contributed by atoms with Gasteiger partial charge < -0.3 is 10.1 Å². The van der Waals surface area contributed by atoms with E-state index in [-0.39, 0.29) is 11.9 Å². The van der Waals surface area contributed by atoms with Crippen LogP contribution in [0.3, 0.4) is 0 Å². The molecule has 0 spiro atoms. The largest absolute Gasteiger partial charge is 0.486 e. The number of nitrogens with zero attached hydrogens (tertiary/aromatic N) is 1. The second-order valence-electron chi connectivity index (χ2n) is 4.36. The third kappa shape index (κ3) is 3.52. The molecule has 0 aliphatic heterocycles. The van der Waals surface area contributed by atoms with Crippen LogP contribution in [0.4, 0.5) is 4.39 Å². The van der Waals surface area contributed by atoms with Crippen molar-refractivity contribution in [3.05, 3.63) is 45.7 Å². The Bertz CT molecular complexity index is 556. The molecule has 0 radical (unpaired) electrons. The highest BCUT2D eigenvalue weighted by molar-refractivity contribution is 7.09. The number of hydrogen-bond acceptors (Lipinski definition) is 4. The first kappa shape index (κ1) is 14.0. The molecule has 1 unspecified atom stereocenters. The normalized spacial score (nSPS) is 12.4. The third-order valence-electron chi connectivity index (χ3n) is 2.89. The molecule has 19 heavy (non-hydrogen) atoms. The highest BCUT2D eigenvalue weighted by Crippen LogP contribution is 2.27. The lowest BCUT2D eigenvalue weighted by Crippen LogP contribution is -2.14. The number of ether oxygens (including phenoxy) is 1. The Morgan fingerprint density at radius 2 is 2.26 bits per heavy atom. The molecular weight excluding hydrogens is 263 g/mol. The van der Waals surface area contributed by atoms with E-state index in [9.17, 15) is 4.39 Å². The van der Waals surface area contributed by atoms with Crippen LogP contribution in [0.25, 0.3) is 0 Å². The van der Waals surface area contributed by atoms with Crippen LogP contribution < -0.4 is 10.1 Å². The zero-order valence-corrected chi connectivity index (χ0v) is 12.1. The average Bonchev–Trinajstić information content (AvgIpc) is 2.82. The quantitative estimate of drug-likeness (QED) is 0.911. The molecule has 0 bridgehead atoms. The summed E-state index contributed by atoms with van der Waals surface area (Å²) in [5.41, 5.74) is 1.81. The number of aryl methyl sites for hydroxylation is 1. The fourth-order valence-electron chi connectivity index (χ4n) is 1.75. The van der Waals surface area contributed by atoms with Crippen molar-refractivity contribution in [3.8, 4) is 5.75 Å². The van der Waals surface area contributed by atoms with Crippen LogP contribution in [0.15, 0.2) is 23.6 Å². The van der Waals surface area contributed by atoms with Gasteiger partial charge in [0, 0.05) is 22.7 Å². The van der Waals surface area contributed by atoms with Gasteiger partial charge in [0.1, 0.15) is 23.2 Å². The van der Waals surface area contributed by atoms with Gasteiger partial charge >= 0.3 is 0 Å². The molecule has 102 valence electrons. The molecule has 0 saturated heterocycles. The highest BCUT2D eigenvalue weighted by atomic mass is 32.1. The standard InChI is InChI=1S/C14H17FN2OS/c1-9-8-19-14(17-9)7-18-13-5-4-11(15)6-12(13)10(2)16-3/h4-6,8,10,16H,7H2,1-3H3. The molecule has 1 atom stereocenters. The highest BCUT2D eigenvalue weighted by Gasteiger charge is 2.12. The second-order valence-corrected chi connectivity index (χ2v) is 5.31. The summed E-state index contributed by atoms with van der Waals surface area (Å²) in [5, 5.41) is 6.00. The lowest BCUT2D eigenvalue weighted by Gasteiger charge is -2.16. The monoisotopic (exact) mass is 280 g/mol. The van der Waals surface area contributed by atoms with Gasteiger partial charge in [0.25, 0.3) is 0 Å². The van der Waals surface area contributed by atoms with Gasteiger partial charge in [-0.1, -0.05) is 0 Å². The number of halogens is 1. The van der Waals surface area contributed by atoms with E-state index in [2.05, 4.69) is 10.3 Å². The van der Waals surface area contributed by atoms with Gasteiger partial charge in [-0.25, -0.2) is 9.37 Å². The number of hydrogen-bond donors (Lipinski definition) is 1. The minimum Gasteiger partial charge on any atom is -0.486 e. The summed E-state index contributed by atoms with van der Waals surface area (Å²) < 4.78 is 19.1. The van der Waals surface area contributed by atoms with Gasteiger partial charge in [-0.2, -0.15) is 0 Å². The second kappa shape index (κ2) is 6.12. The smallest absolute Gasteiger partial charge is 0.140 e. The minimum absolute atomic E-state index is 0.0312. The molecule has 0 fully saturated rings. The predicted octanol–water partition coefficient (Wildman–Crippen LogP) is 3.45. The van der Waals surface area contributed by atoms with Crippen molar-refractivity contribution in [3.63, 3.8) is 0 Å². The Kier molecular flexibility index (Phi) is 4.50. The molecular formula is C14H17FN2OS. The summed E-state index contributed by atoms with van der Waals surface area (Å²) in [4.78, 5) is 4.34. The zero-order chi connectivity index (χ0) is 13.8. The molecule has 2 rings (SSSR count). The van der Waals surface area contributed by atoms with Crippen LogP contribution in [0.1, 0.15) is 29.2 Å². The van der Waals surface area contributed by atoms with E-state index in [1.165, 1.54) is 12.1 Å². The average molecular weight is 280 g/mol. The summed E-state index contributed by atoms with van der Waals surface area (Å²) in [7, 11) is 1.84. The Morgan fingerprint density at radius 3 is 2.89 bits per heavy atom. The molecule has 1 heterocycles.